The van der Waals surface area contributed by atoms with E-state index in [1.165, 1.54) is 0 Å². The van der Waals surface area contributed by atoms with E-state index in [-0.39, 0.29) is 5.91 Å². The molecule has 0 N–H and O–H groups in total. The molecular formula is C23H20N2O2S. The van der Waals surface area contributed by atoms with Crippen LogP contribution in [0.4, 0.5) is 0 Å². The Balaban J connectivity index is 1.73. The zero-order chi connectivity index (χ0) is 19.3. The van der Waals surface area contributed by atoms with Crippen LogP contribution in [0.2, 0.25) is 0 Å². The monoisotopic (exact) mass is 388 g/mol. The third-order valence-electron chi connectivity index (χ3n) is 4.65. The van der Waals surface area contributed by atoms with Gasteiger partial charge in [-0.25, -0.2) is 0 Å². The summed E-state index contributed by atoms with van der Waals surface area (Å²) in [5.74, 6) is 0.768. The highest BCUT2D eigenvalue weighted by molar-refractivity contribution is 7.09. The Bertz CT molecular complexity index is 1090. The first-order valence-electron chi connectivity index (χ1n) is 9.03. The van der Waals surface area contributed by atoms with Crippen LogP contribution in [0.1, 0.15) is 20.8 Å². The molecule has 1 amide bonds. The number of carbonyl (C=O) groups excluding carboxylic acids is 1. The van der Waals surface area contributed by atoms with E-state index in [1.807, 2.05) is 64.9 Å². The van der Waals surface area contributed by atoms with Gasteiger partial charge in [0.05, 0.1) is 31.3 Å². The van der Waals surface area contributed by atoms with Crippen molar-refractivity contribution in [1.29, 1.82) is 0 Å². The summed E-state index contributed by atoms with van der Waals surface area (Å²) in [7, 11) is 1.65. The number of ether oxygens (including phenoxy) is 1. The summed E-state index contributed by atoms with van der Waals surface area (Å²) in [4.78, 5) is 20.9. The standard InChI is InChI=1S/C23H20N2O2S/c1-27-22-11-5-2-7-17(22)15-25(16-18-8-6-14-28-18)23(26)20-12-13-24-21-10-4-3-9-19(20)21/h2-14H,15-16H2,1H3. The number of fused-ring (bicyclic) bond motifs is 1. The van der Waals surface area contributed by atoms with E-state index in [0.29, 0.717) is 18.7 Å². The van der Waals surface area contributed by atoms with Crippen molar-refractivity contribution in [1.82, 2.24) is 9.88 Å². The fraction of sp³-hybridized carbons (Fsp3) is 0.130. The van der Waals surface area contributed by atoms with Crippen LogP contribution in [0.5, 0.6) is 5.75 Å². The molecule has 0 aliphatic rings. The first-order valence-corrected chi connectivity index (χ1v) is 9.91. The highest BCUT2D eigenvalue weighted by Crippen LogP contribution is 2.25. The molecule has 2 aromatic heterocycles. The Morgan fingerprint density at radius 3 is 2.64 bits per heavy atom. The maximum atomic E-state index is 13.6. The van der Waals surface area contributed by atoms with E-state index in [9.17, 15) is 4.79 Å². The third-order valence-corrected chi connectivity index (χ3v) is 5.51. The molecule has 0 fully saturated rings. The van der Waals surface area contributed by atoms with E-state index in [2.05, 4.69) is 11.1 Å². The topological polar surface area (TPSA) is 42.4 Å². The van der Waals surface area contributed by atoms with E-state index >= 15 is 0 Å². The van der Waals surface area contributed by atoms with E-state index < -0.39 is 0 Å². The van der Waals surface area contributed by atoms with Crippen molar-refractivity contribution < 1.29 is 9.53 Å². The lowest BCUT2D eigenvalue weighted by molar-refractivity contribution is 0.0732. The molecule has 0 aliphatic heterocycles. The van der Waals surface area contributed by atoms with Gasteiger partial charge in [-0.15, -0.1) is 11.3 Å². The first-order chi connectivity index (χ1) is 13.8. The minimum absolute atomic E-state index is 0.0158. The molecule has 0 radical (unpaired) electrons. The van der Waals surface area contributed by atoms with Crippen molar-refractivity contribution in [3.63, 3.8) is 0 Å². The Kier molecular flexibility index (Phi) is 5.35. The minimum atomic E-state index is -0.0158. The SMILES string of the molecule is COc1ccccc1CN(Cc1cccs1)C(=O)c1ccnc2ccccc12. The highest BCUT2D eigenvalue weighted by atomic mass is 32.1. The van der Waals surface area contributed by atoms with Gasteiger partial charge < -0.3 is 9.64 Å². The summed E-state index contributed by atoms with van der Waals surface area (Å²) < 4.78 is 5.49. The van der Waals surface area contributed by atoms with Crippen LogP contribution < -0.4 is 4.74 Å². The first kappa shape index (κ1) is 18.2. The summed E-state index contributed by atoms with van der Waals surface area (Å²) in [6, 6.07) is 21.4. The Morgan fingerprint density at radius 1 is 1.00 bits per heavy atom. The van der Waals surface area contributed by atoms with Gasteiger partial charge in [-0.2, -0.15) is 0 Å². The molecule has 28 heavy (non-hydrogen) atoms. The van der Waals surface area contributed by atoms with Gasteiger partial charge in [-0.1, -0.05) is 42.5 Å². The predicted octanol–water partition coefficient (Wildman–Crippen LogP) is 5.15. The van der Waals surface area contributed by atoms with Gasteiger partial charge >= 0.3 is 0 Å². The van der Waals surface area contributed by atoms with Gasteiger partial charge in [0.25, 0.3) is 5.91 Å². The number of aromatic nitrogens is 1. The summed E-state index contributed by atoms with van der Waals surface area (Å²) in [6.45, 7) is 1.02. The van der Waals surface area contributed by atoms with Crippen molar-refractivity contribution in [2.45, 2.75) is 13.1 Å². The summed E-state index contributed by atoms with van der Waals surface area (Å²) in [6.07, 6.45) is 1.70. The molecule has 0 saturated heterocycles. The fourth-order valence-electron chi connectivity index (χ4n) is 3.28. The lowest BCUT2D eigenvalue weighted by Crippen LogP contribution is -2.30. The van der Waals surface area contributed by atoms with Gasteiger partial charge in [-0.05, 0) is 29.6 Å². The molecular weight excluding hydrogens is 368 g/mol. The summed E-state index contributed by atoms with van der Waals surface area (Å²) >= 11 is 1.65. The quantitative estimate of drug-likeness (QED) is 0.459. The van der Waals surface area contributed by atoms with Crippen LogP contribution in [0.25, 0.3) is 10.9 Å². The van der Waals surface area contributed by atoms with Crippen LogP contribution in [0.3, 0.4) is 0 Å². The maximum Gasteiger partial charge on any atom is 0.255 e. The molecule has 0 aliphatic carbocycles. The average Bonchev–Trinajstić information content (AvgIpc) is 3.26. The number of pyridine rings is 1. The number of carbonyl (C=O) groups is 1. The zero-order valence-corrected chi connectivity index (χ0v) is 16.4. The van der Waals surface area contributed by atoms with Gasteiger partial charge in [0.2, 0.25) is 0 Å². The van der Waals surface area contributed by atoms with Gasteiger partial charge in [0.1, 0.15) is 5.75 Å². The average molecular weight is 388 g/mol. The molecule has 140 valence electrons. The number of nitrogens with zero attached hydrogens (tertiary/aromatic N) is 2. The Labute approximate surface area is 168 Å². The summed E-state index contributed by atoms with van der Waals surface area (Å²) in [5.41, 5.74) is 2.46. The van der Waals surface area contributed by atoms with Crippen LogP contribution in [0.15, 0.2) is 78.3 Å². The van der Waals surface area contributed by atoms with Crippen molar-refractivity contribution >= 4 is 28.1 Å². The lowest BCUT2D eigenvalue weighted by Gasteiger charge is -2.24. The second-order valence-corrected chi connectivity index (χ2v) is 7.46. The largest absolute Gasteiger partial charge is 0.496 e. The second kappa shape index (κ2) is 8.23. The number of amides is 1. The van der Waals surface area contributed by atoms with Gasteiger partial charge in [-0.3, -0.25) is 9.78 Å². The van der Waals surface area contributed by atoms with E-state index in [4.69, 9.17) is 4.74 Å². The molecule has 0 spiro atoms. The Morgan fingerprint density at radius 2 is 1.82 bits per heavy atom. The third kappa shape index (κ3) is 3.75. The molecule has 4 rings (SSSR count). The van der Waals surface area contributed by atoms with Crippen LogP contribution in [-0.4, -0.2) is 22.9 Å². The molecule has 0 saturated carbocycles. The van der Waals surface area contributed by atoms with Crippen molar-refractivity contribution in [2.75, 3.05) is 7.11 Å². The summed E-state index contributed by atoms with van der Waals surface area (Å²) in [5, 5.41) is 2.90. The van der Waals surface area contributed by atoms with Crippen molar-refractivity contribution in [2.24, 2.45) is 0 Å². The van der Waals surface area contributed by atoms with E-state index in [1.54, 1.807) is 30.7 Å². The lowest BCUT2D eigenvalue weighted by atomic mass is 10.1. The molecule has 0 atom stereocenters. The molecule has 0 bridgehead atoms. The number of thiophene rings is 1. The predicted molar refractivity (Wildman–Crippen MR) is 113 cm³/mol. The number of hydrogen-bond donors (Lipinski definition) is 0. The number of rotatable bonds is 6. The number of benzene rings is 2. The zero-order valence-electron chi connectivity index (χ0n) is 15.5. The number of para-hydroxylation sites is 2. The maximum absolute atomic E-state index is 13.6. The van der Waals surface area contributed by atoms with Crippen molar-refractivity contribution in [3.8, 4) is 5.75 Å². The van der Waals surface area contributed by atoms with Gasteiger partial charge in [0.15, 0.2) is 0 Å². The van der Waals surface area contributed by atoms with Crippen LogP contribution >= 0.6 is 11.3 Å². The smallest absolute Gasteiger partial charge is 0.255 e. The minimum Gasteiger partial charge on any atom is -0.496 e. The molecule has 2 aromatic carbocycles. The molecule has 4 nitrogen and oxygen atoms in total. The van der Waals surface area contributed by atoms with Crippen LogP contribution in [-0.2, 0) is 13.1 Å². The Hall–Kier alpha value is -3.18. The molecule has 0 unspecified atom stereocenters. The normalized spacial score (nSPS) is 10.8. The fourth-order valence-corrected chi connectivity index (χ4v) is 4.00. The number of hydrogen-bond acceptors (Lipinski definition) is 4. The van der Waals surface area contributed by atoms with Crippen LogP contribution in [0, 0.1) is 0 Å². The molecule has 2 heterocycles. The molecule has 5 heteroatoms. The van der Waals surface area contributed by atoms with E-state index in [0.717, 1.165) is 27.1 Å². The number of methoxy groups -OCH3 is 1. The van der Waals surface area contributed by atoms with Gasteiger partial charge in [0, 0.05) is 22.0 Å². The van der Waals surface area contributed by atoms with Crippen molar-refractivity contribution in [3.05, 3.63) is 94.3 Å². The molecule has 4 aromatic rings. The highest BCUT2D eigenvalue weighted by Gasteiger charge is 2.20. The second-order valence-electron chi connectivity index (χ2n) is 6.43.